The molecule has 116 valence electrons. The molecule has 4 nitrogen and oxygen atoms in total. The summed E-state index contributed by atoms with van der Waals surface area (Å²) in [5.74, 6) is -0.00224. The normalized spacial score (nSPS) is 16.9. The fourth-order valence-electron chi connectivity index (χ4n) is 2.97. The second kappa shape index (κ2) is 7.34. The van der Waals surface area contributed by atoms with Crippen LogP contribution in [0.25, 0.3) is 0 Å². The summed E-state index contributed by atoms with van der Waals surface area (Å²) in [4.78, 5) is 14.3. The van der Waals surface area contributed by atoms with Crippen molar-refractivity contribution in [2.45, 2.75) is 51.0 Å². The first-order valence-electron chi connectivity index (χ1n) is 7.95. The van der Waals surface area contributed by atoms with Crippen molar-refractivity contribution in [3.63, 3.8) is 0 Å². The monoisotopic (exact) mass is 289 g/mol. The minimum Gasteiger partial charge on any atom is -0.397 e. The summed E-state index contributed by atoms with van der Waals surface area (Å²) < 4.78 is 0. The van der Waals surface area contributed by atoms with Crippen LogP contribution in [0.3, 0.4) is 0 Å². The molecule has 1 aromatic carbocycles. The highest BCUT2D eigenvalue weighted by Gasteiger charge is 2.16. The number of hydrogen-bond acceptors (Lipinski definition) is 3. The molecular formula is C17H27N3O. The first-order chi connectivity index (χ1) is 10.1. The standard InChI is InChI=1S/C17H27N3O/c1-20(2)16-11-10-13(12-15(16)18)17(21)19-14-8-6-4-3-5-7-9-14/h10-12,14H,3-9,18H2,1-2H3,(H,19,21). The van der Waals surface area contributed by atoms with E-state index in [2.05, 4.69) is 5.32 Å². The molecule has 0 aliphatic heterocycles. The Labute approximate surface area is 127 Å². The van der Waals surface area contributed by atoms with Gasteiger partial charge in [-0.05, 0) is 31.0 Å². The second-order valence-electron chi connectivity index (χ2n) is 6.18. The van der Waals surface area contributed by atoms with Crippen molar-refractivity contribution in [3.8, 4) is 0 Å². The number of nitrogens with zero attached hydrogens (tertiary/aromatic N) is 1. The molecular weight excluding hydrogens is 262 g/mol. The quantitative estimate of drug-likeness (QED) is 0.840. The van der Waals surface area contributed by atoms with E-state index >= 15 is 0 Å². The first kappa shape index (κ1) is 15.7. The van der Waals surface area contributed by atoms with E-state index in [1.54, 1.807) is 6.07 Å². The highest BCUT2D eigenvalue weighted by molar-refractivity contribution is 5.96. The number of benzene rings is 1. The van der Waals surface area contributed by atoms with Crippen LogP contribution >= 0.6 is 0 Å². The fraction of sp³-hybridized carbons (Fsp3) is 0.588. The lowest BCUT2D eigenvalue weighted by atomic mass is 9.96. The molecule has 1 saturated carbocycles. The second-order valence-corrected chi connectivity index (χ2v) is 6.18. The molecule has 1 aliphatic carbocycles. The van der Waals surface area contributed by atoms with E-state index in [9.17, 15) is 4.79 Å². The summed E-state index contributed by atoms with van der Waals surface area (Å²) in [6.45, 7) is 0. The molecule has 1 amide bonds. The van der Waals surface area contributed by atoms with Crippen LogP contribution in [0.2, 0.25) is 0 Å². The van der Waals surface area contributed by atoms with Crippen LogP contribution < -0.4 is 16.0 Å². The molecule has 4 heteroatoms. The average molecular weight is 289 g/mol. The van der Waals surface area contributed by atoms with Crippen LogP contribution in [0, 0.1) is 0 Å². The van der Waals surface area contributed by atoms with Gasteiger partial charge in [-0.15, -0.1) is 0 Å². The highest BCUT2D eigenvalue weighted by Crippen LogP contribution is 2.23. The Kier molecular flexibility index (Phi) is 5.48. The molecule has 0 atom stereocenters. The number of hydrogen-bond donors (Lipinski definition) is 2. The zero-order valence-electron chi connectivity index (χ0n) is 13.2. The van der Waals surface area contributed by atoms with Crippen molar-refractivity contribution >= 4 is 17.3 Å². The van der Waals surface area contributed by atoms with Crippen LogP contribution in [-0.4, -0.2) is 26.0 Å². The van der Waals surface area contributed by atoms with Crippen LogP contribution in [0.5, 0.6) is 0 Å². The number of rotatable bonds is 3. The number of carbonyl (C=O) groups excluding carboxylic acids is 1. The number of carbonyl (C=O) groups is 1. The van der Waals surface area contributed by atoms with Crippen molar-refractivity contribution in [3.05, 3.63) is 23.8 Å². The van der Waals surface area contributed by atoms with Crippen LogP contribution in [0.4, 0.5) is 11.4 Å². The Morgan fingerprint density at radius 2 is 1.76 bits per heavy atom. The summed E-state index contributed by atoms with van der Waals surface area (Å²) >= 11 is 0. The van der Waals surface area contributed by atoms with E-state index in [-0.39, 0.29) is 5.91 Å². The number of amides is 1. The molecule has 0 unspecified atom stereocenters. The van der Waals surface area contributed by atoms with E-state index in [1.807, 2.05) is 31.1 Å². The van der Waals surface area contributed by atoms with Gasteiger partial charge in [0.1, 0.15) is 0 Å². The molecule has 0 heterocycles. The lowest BCUT2D eigenvalue weighted by molar-refractivity contribution is 0.0930. The number of anilines is 2. The lowest BCUT2D eigenvalue weighted by Gasteiger charge is -2.21. The summed E-state index contributed by atoms with van der Waals surface area (Å²) in [6.07, 6.45) is 8.53. The maximum Gasteiger partial charge on any atom is 0.251 e. The zero-order valence-corrected chi connectivity index (χ0v) is 13.2. The number of nitrogens with one attached hydrogen (secondary N) is 1. The molecule has 2 rings (SSSR count). The maximum atomic E-state index is 12.4. The van der Waals surface area contributed by atoms with Gasteiger partial charge >= 0.3 is 0 Å². The van der Waals surface area contributed by atoms with Crippen molar-refractivity contribution in [2.24, 2.45) is 0 Å². The SMILES string of the molecule is CN(C)c1ccc(C(=O)NC2CCCCCCC2)cc1N. The van der Waals surface area contributed by atoms with E-state index in [1.165, 1.54) is 32.1 Å². The Balaban J connectivity index is 2.00. The summed E-state index contributed by atoms with van der Waals surface area (Å²) in [5.41, 5.74) is 8.26. The molecule has 21 heavy (non-hydrogen) atoms. The van der Waals surface area contributed by atoms with Gasteiger partial charge in [-0.3, -0.25) is 4.79 Å². The van der Waals surface area contributed by atoms with E-state index in [0.29, 0.717) is 17.3 Å². The third-order valence-corrected chi connectivity index (χ3v) is 4.21. The largest absolute Gasteiger partial charge is 0.397 e. The Morgan fingerprint density at radius 3 is 2.33 bits per heavy atom. The minimum atomic E-state index is -0.00224. The van der Waals surface area contributed by atoms with Gasteiger partial charge in [-0.25, -0.2) is 0 Å². The predicted molar refractivity (Wildman–Crippen MR) is 88.8 cm³/mol. The minimum absolute atomic E-state index is 0.00224. The predicted octanol–water partition coefficient (Wildman–Crippen LogP) is 3.18. The van der Waals surface area contributed by atoms with Crippen molar-refractivity contribution in [1.82, 2.24) is 5.32 Å². The van der Waals surface area contributed by atoms with E-state index in [4.69, 9.17) is 5.73 Å². The molecule has 0 spiro atoms. The molecule has 0 radical (unpaired) electrons. The Bertz CT molecular complexity index is 477. The number of nitrogen functional groups attached to an aromatic ring is 1. The zero-order chi connectivity index (χ0) is 15.2. The first-order valence-corrected chi connectivity index (χ1v) is 7.95. The van der Waals surface area contributed by atoms with Gasteiger partial charge in [0.15, 0.2) is 0 Å². The molecule has 0 saturated heterocycles. The van der Waals surface area contributed by atoms with Crippen molar-refractivity contribution in [1.29, 1.82) is 0 Å². The van der Waals surface area contributed by atoms with Gasteiger partial charge in [0, 0.05) is 25.7 Å². The Hall–Kier alpha value is -1.71. The summed E-state index contributed by atoms with van der Waals surface area (Å²) in [6, 6.07) is 5.84. The van der Waals surface area contributed by atoms with Gasteiger partial charge in [-0.2, -0.15) is 0 Å². The fourth-order valence-corrected chi connectivity index (χ4v) is 2.97. The van der Waals surface area contributed by atoms with Crippen LogP contribution in [-0.2, 0) is 0 Å². The molecule has 3 N–H and O–H groups in total. The van der Waals surface area contributed by atoms with Gasteiger partial charge in [0.2, 0.25) is 0 Å². The smallest absolute Gasteiger partial charge is 0.251 e. The number of nitrogens with two attached hydrogens (primary N) is 1. The molecule has 1 fully saturated rings. The summed E-state index contributed by atoms with van der Waals surface area (Å²) in [5, 5.41) is 3.17. The maximum absolute atomic E-state index is 12.4. The summed E-state index contributed by atoms with van der Waals surface area (Å²) in [7, 11) is 3.89. The van der Waals surface area contributed by atoms with Gasteiger partial charge < -0.3 is 16.0 Å². The van der Waals surface area contributed by atoms with Gasteiger partial charge in [0.05, 0.1) is 11.4 Å². The lowest BCUT2D eigenvalue weighted by Crippen LogP contribution is -2.35. The average Bonchev–Trinajstić information content (AvgIpc) is 2.41. The van der Waals surface area contributed by atoms with Crippen molar-refractivity contribution in [2.75, 3.05) is 24.7 Å². The van der Waals surface area contributed by atoms with Crippen LogP contribution in [0.1, 0.15) is 55.3 Å². The van der Waals surface area contributed by atoms with Gasteiger partial charge in [-0.1, -0.05) is 32.1 Å². The third kappa shape index (κ3) is 4.38. The molecule has 1 aliphatic rings. The molecule has 1 aromatic rings. The third-order valence-electron chi connectivity index (χ3n) is 4.21. The molecule has 0 aromatic heterocycles. The van der Waals surface area contributed by atoms with E-state index in [0.717, 1.165) is 18.5 Å². The highest BCUT2D eigenvalue weighted by atomic mass is 16.1. The Morgan fingerprint density at radius 1 is 1.14 bits per heavy atom. The van der Waals surface area contributed by atoms with Gasteiger partial charge in [0.25, 0.3) is 5.91 Å². The molecule has 0 bridgehead atoms. The van der Waals surface area contributed by atoms with E-state index < -0.39 is 0 Å². The van der Waals surface area contributed by atoms with Crippen LogP contribution in [0.15, 0.2) is 18.2 Å². The van der Waals surface area contributed by atoms with Crippen molar-refractivity contribution < 1.29 is 4.79 Å². The topological polar surface area (TPSA) is 58.4 Å².